The number of aliphatic hydroxyl groups is 3. The van der Waals surface area contributed by atoms with Gasteiger partial charge in [-0.1, -0.05) is 0 Å². The minimum absolute atomic E-state index is 0. The summed E-state index contributed by atoms with van der Waals surface area (Å²) in [6.45, 7) is -0.475. The van der Waals surface area contributed by atoms with Gasteiger partial charge in [0.05, 0.1) is 12.1 Å². The third-order valence-corrected chi connectivity index (χ3v) is 3.86. The molecule has 4 atom stereocenters. The van der Waals surface area contributed by atoms with Gasteiger partial charge < -0.3 is 31.3 Å². The fraction of sp³-hybridized carbons (Fsp3) is 0.500. The summed E-state index contributed by atoms with van der Waals surface area (Å²) in [5.41, 5.74) is 5.58. The highest BCUT2D eigenvalue weighted by Gasteiger charge is 2.44. The molecule has 0 unspecified atom stereocenters. The molecule has 11 heteroatoms. The molecule has 0 amide bonds. The first-order chi connectivity index (χ1) is 9.54. The van der Waals surface area contributed by atoms with E-state index in [1.165, 1.54) is 0 Å². The van der Waals surface area contributed by atoms with Gasteiger partial charge >= 0.3 is 5.69 Å². The molecule has 1 aliphatic heterocycles. The Morgan fingerprint density at radius 3 is 2.76 bits per heavy atom. The van der Waals surface area contributed by atoms with Crippen molar-refractivity contribution in [2.75, 3.05) is 12.3 Å². The fourth-order valence-corrected chi connectivity index (χ4v) is 2.90. The Hall–Kier alpha value is -1.63. The number of aliphatic hydroxyl groups excluding tert-OH is 3. The summed E-state index contributed by atoms with van der Waals surface area (Å²) >= 11 is 1.08. The van der Waals surface area contributed by atoms with Crippen molar-refractivity contribution in [3.05, 3.63) is 15.9 Å². The van der Waals surface area contributed by atoms with Crippen molar-refractivity contribution < 1.29 is 25.5 Å². The average Bonchev–Trinajstić information content (AvgIpc) is 2.99. The molecule has 7 N–H and O–H groups in total. The highest BCUT2D eigenvalue weighted by molar-refractivity contribution is 7.04. The van der Waals surface area contributed by atoms with Crippen molar-refractivity contribution in [1.82, 2.24) is 13.9 Å². The molecule has 0 saturated carbocycles. The number of fused-ring (bicyclic) bond motifs is 1. The van der Waals surface area contributed by atoms with Gasteiger partial charge in [0.15, 0.2) is 12.0 Å². The predicted molar refractivity (Wildman–Crippen MR) is 72.7 cm³/mol. The molecule has 10 nitrogen and oxygen atoms in total. The Bertz CT molecular complexity index is 702. The molecule has 1 saturated heterocycles. The molecule has 3 rings (SSSR count). The number of nitrogens with zero attached hydrogens (tertiary/aromatic N) is 3. The molecule has 1 fully saturated rings. The first-order valence-corrected chi connectivity index (χ1v) is 6.62. The Morgan fingerprint density at radius 2 is 2.14 bits per heavy atom. The van der Waals surface area contributed by atoms with Crippen LogP contribution < -0.4 is 11.4 Å². The van der Waals surface area contributed by atoms with E-state index in [-0.39, 0.29) is 11.3 Å². The monoisotopic (exact) mass is 318 g/mol. The standard InChI is InChI=1S/C10H12N4O5S.H2O/c11-8-5-3(2-20-13-5)14(10(18)12-8)9-7(17)6(16)4(1-15)19-9;/h2,4,6-7,9,15-17H,1H2,(H2,11,12,18);1H2/t4-,6-,7-,9-;/m1./s1. The van der Waals surface area contributed by atoms with Crippen LogP contribution in [0.3, 0.4) is 0 Å². The van der Waals surface area contributed by atoms with Crippen LogP contribution >= 0.6 is 11.5 Å². The van der Waals surface area contributed by atoms with E-state index in [1.807, 2.05) is 0 Å². The van der Waals surface area contributed by atoms with Crippen LogP contribution in [0.4, 0.5) is 5.82 Å². The Labute approximate surface area is 121 Å². The number of nitrogen functional groups attached to an aromatic ring is 1. The second-order valence-electron chi connectivity index (χ2n) is 4.43. The maximum Gasteiger partial charge on any atom is 0.352 e. The molecular formula is C10H14N4O6S. The van der Waals surface area contributed by atoms with Crippen LogP contribution in [0.25, 0.3) is 11.0 Å². The zero-order valence-corrected chi connectivity index (χ0v) is 11.4. The van der Waals surface area contributed by atoms with Crippen molar-refractivity contribution in [1.29, 1.82) is 0 Å². The molecule has 0 radical (unpaired) electrons. The highest BCUT2D eigenvalue weighted by atomic mass is 32.1. The largest absolute Gasteiger partial charge is 0.412 e. The lowest BCUT2D eigenvalue weighted by atomic mass is 10.1. The van der Waals surface area contributed by atoms with Gasteiger partial charge in [-0.3, -0.25) is 4.57 Å². The van der Waals surface area contributed by atoms with Crippen LogP contribution in [0.2, 0.25) is 0 Å². The van der Waals surface area contributed by atoms with Crippen LogP contribution in [-0.4, -0.2) is 59.6 Å². The SMILES string of the molecule is Nc1nc(=O)n([C@@H]2O[C@H](CO)[C@@H](O)[C@H]2O)c2csnc12.O. The van der Waals surface area contributed by atoms with Crippen molar-refractivity contribution in [2.45, 2.75) is 24.5 Å². The number of hydrogen-bond acceptors (Lipinski definition) is 9. The average molecular weight is 318 g/mol. The van der Waals surface area contributed by atoms with Crippen LogP contribution in [0.5, 0.6) is 0 Å². The number of hydrogen-bond donors (Lipinski definition) is 4. The van der Waals surface area contributed by atoms with E-state index in [1.54, 1.807) is 5.38 Å². The summed E-state index contributed by atoms with van der Waals surface area (Å²) < 4.78 is 10.4. The number of anilines is 1. The smallest absolute Gasteiger partial charge is 0.352 e. The maximum absolute atomic E-state index is 12.0. The van der Waals surface area contributed by atoms with E-state index in [9.17, 15) is 15.0 Å². The van der Waals surface area contributed by atoms with E-state index in [4.69, 9.17) is 15.6 Å². The summed E-state index contributed by atoms with van der Waals surface area (Å²) in [7, 11) is 0. The van der Waals surface area contributed by atoms with E-state index < -0.39 is 36.8 Å². The summed E-state index contributed by atoms with van der Waals surface area (Å²) in [4.78, 5) is 15.6. The number of ether oxygens (including phenoxy) is 1. The van der Waals surface area contributed by atoms with Crippen molar-refractivity contribution in [3.63, 3.8) is 0 Å². The van der Waals surface area contributed by atoms with Crippen molar-refractivity contribution >= 4 is 28.4 Å². The third-order valence-electron chi connectivity index (χ3n) is 3.25. The second-order valence-corrected chi connectivity index (χ2v) is 5.06. The van der Waals surface area contributed by atoms with Gasteiger partial charge in [0.1, 0.15) is 23.8 Å². The van der Waals surface area contributed by atoms with Gasteiger partial charge in [-0.05, 0) is 11.5 Å². The molecule has 0 bridgehead atoms. The summed E-state index contributed by atoms with van der Waals surface area (Å²) in [5.74, 6) is -0.00533. The van der Waals surface area contributed by atoms with Gasteiger partial charge in [0, 0.05) is 5.38 Å². The first-order valence-electron chi connectivity index (χ1n) is 5.79. The lowest BCUT2D eigenvalue weighted by Crippen LogP contribution is -2.36. The van der Waals surface area contributed by atoms with Gasteiger partial charge in [-0.15, -0.1) is 0 Å². The summed E-state index contributed by atoms with van der Waals surface area (Å²) in [5, 5.41) is 30.4. The molecular weight excluding hydrogens is 304 g/mol. The zero-order valence-electron chi connectivity index (χ0n) is 10.6. The summed E-state index contributed by atoms with van der Waals surface area (Å²) in [6.07, 6.45) is -4.78. The van der Waals surface area contributed by atoms with Gasteiger partial charge in [-0.25, -0.2) is 4.79 Å². The lowest BCUT2D eigenvalue weighted by molar-refractivity contribution is -0.0527. The predicted octanol–water partition coefficient (Wildman–Crippen LogP) is -2.78. The zero-order chi connectivity index (χ0) is 14.4. The minimum atomic E-state index is -1.36. The number of rotatable bonds is 2. The van der Waals surface area contributed by atoms with Gasteiger partial charge in [0.25, 0.3) is 0 Å². The molecule has 2 aromatic rings. The molecule has 0 aliphatic carbocycles. The van der Waals surface area contributed by atoms with E-state index >= 15 is 0 Å². The molecule has 2 aromatic heterocycles. The van der Waals surface area contributed by atoms with E-state index in [0.29, 0.717) is 11.0 Å². The minimum Gasteiger partial charge on any atom is -0.412 e. The first kappa shape index (κ1) is 15.8. The Kier molecular flexibility index (Phi) is 4.22. The van der Waals surface area contributed by atoms with Crippen LogP contribution in [0, 0.1) is 0 Å². The fourth-order valence-electron chi connectivity index (χ4n) is 2.23. The molecule has 21 heavy (non-hydrogen) atoms. The molecule has 3 heterocycles. The van der Waals surface area contributed by atoms with Crippen molar-refractivity contribution in [3.8, 4) is 0 Å². The van der Waals surface area contributed by atoms with Crippen LogP contribution in [-0.2, 0) is 4.74 Å². The maximum atomic E-state index is 12.0. The van der Waals surface area contributed by atoms with Crippen LogP contribution in [0.1, 0.15) is 6.23 Å². The molecule has 1 aliphatic rings. The van der Waals surface area contributed by atoms with Crippen LogP contribution in [0.15, 0.2) is 10.2 Å². The Balaban J connectivity index is 0.00000161. The van der Waals surface area contributed by atoms with Gasteiger partial charge in [0.2, 0.25) is 0 Å². The summed E-state index contributed by atoms with van der Waals surface area (Å²) in [6, 6.07) is 0. The Morgan fingerprint density at radius 1 is 1.43 bits per heavy atom. The van der Waals surface area contributed by atoms with E-state index in [2.05, 4.69) is 9.36 Å². The number of aromatic nitrogens is 3. The lowest BCUT2D eigenvalue weighted by Gasteiger charge is -2.18. The highest BCUT2D eigenvalue weighted by Crippen LogP contribution is 2.31. The normalized spacial score (nSPS) is 28.7. The van der Waals surface area contributed by atoms with Gasteiger partial charge in [-0.2, -0.15) is 9.36 Å². The van der Waals surface area contributed by atoms with E-state index in [0.717, 1.165) is 16.1 Å². The second kappa shape index (κ2) is 5.63. The molecule has 0 aromatic carbocycles. The molecule has 0 spiro atoms. The number of nitrogens with two attached hydrogens (primary N) is 1. The van der Waals surface area contributed by atoms with Crippen molar-refractivity contribution in [2.24, 2.45) is 0 Å². The topological polar surface area (TPSA) is 175 Å². The third kappa shape index (κ3) is 2.29. The quantitative estimate of drug-likeness (QED) is 0.459. The molecule has 116 valence electrons.